The summed E-state index contributed by atoms with van der Waals surface area (Å²) in [6.07, 6.45) is 0. The molecule has 1 aliphatic rings. The first-order valence-electron chi connectivity index (χ1n) is 9.90. The molecule has 7 heteroatoms. The van der Waals surface area contributed by atoms with E-state index >= 15 is 0 Å². The Hall–Kier alpha value is -2.64. The van der Waals surface area contributed by atoms with Gasteiger partial charge in [0.05, 0.1) is 5.69 Å². The predicted octanol–water partition coefficient (Wildman–Crippen LogP) is 3.12. The van der Waals surface area contributed by atoms with Crippen molar-refractivity contribution in [3.63, 3.8) is 0 Å². The van der Waals surface area contributed by atoms with E-state index in [9.17, 15) is 9.18 Å². The molecule has 29 heavy (non-hydrogen) atoms. The first-order chi connectivity index (χ1) is 14.0. The highest BCUT2D eigenvalue weighted by Gasteiger charge is 2.15. The molecule has 2 aromatic carbocycles. The summed E-state index contributed by atoms with van der Waals surface area (Å²) >= 11 is 0. The Morgan fingerprint density at radius 2 is 1.79 bits per heavy atom. The van der Waals surface area contributed by atoms with Crippen molar-refractivity contribution in [3.05, 3.63) is 59.9 Å². The molecule has 6 nitrogen and oxygen atoms in total. The van der Waals surface area contributed by atoms with Gasteiger partial charge in [-0.1, -0.05) is 24.3 Å². The van der Waals surface area contributed by atoms with Gasteiger partial charge < -0.3 is 19.9 Å². The molecule has 2 aromatic rings. The van der Waals surface area contributed by atoms with E-state index in [1.165, 1.54) is 12.1 Å². The molecule has 156 valence electrons. The highest BCUT2D eigenvalue weighted by atomic mass is 19.1. The Bertz CT molecular complexity index is 792. The van der Waals surface area contributed by atoms with Crippen LogP contribution in [0.4, 0.5) is 14.9 Å². The number of nitrogens with zero attached hydrogens (tertiary/aromatic N) is 3. The minimum atomic E-state index is -0.288. The van der Waals surface area contributed by atoms with E-state index in [-0.39, 0.29) is 11.8 Å². The van der Waals surface area contributed by atoms with E-state index in [1.807, 2.05) is 24.3 Å². The van der Waals surface area contributed by atoms with Gasteiger partial charge in [0.1, 0.15) is 18.2 Å². The van der Waals surface area contributed by atoms with Crippen molar-refractivity contribution in [2.24, 2.45) is 0 Å². The number of hydrogen-bond acceptors (Lipinski definition) is 4. The van der Waals surface area contributed by atoms with E-state index in [0.717, 1.165) is 38.3 Å². The van der Waals surface area contributed by atoms with Crippen LogP contribution in [-0.2, 0) is 6.54 Å². The molecule has 0 radical (unpaired) electrons. The summed E-state index contributed by atoms with van der Waals surface area (Å²) in [5.74, 6) is 0.369. The van der Waals surface area contributed by atoms with Gasteiger partial charge in [0.15, 0.2) is 0 Å². The van der Waals surface area contributed by atoms with Crippen LogP contribution in [0.15, 0.2) is 48.5 Å². The lowest BCUT2D eigenvalue weighted by molar-refractivity contribution is 0.134. The quantitative estimate of drug-likeness (QED) is 0.776. The number of para-hydroxylation sites is 2. The Labute approximate surface area is 171 Å². The maximum atomic E-state index is 13.0. The lowest BCUT2D eigenvalue weighted by Gasteiger charge is -2.32. The highest BCUT2D eigenvalue weighted by molar-refractivity contribution is 5.90. The van der Waals surface area contributed by atoms with Crippen molar-refractivity contribution < 1.29 is 13.9 Å². The Morgan fingerprint density at radius 3 is 2.52 bits per heavy atom. The zero-order valence-electron chi connectivity index (χ0n) is 17.1. The number of nitrogens with one attached hydrogen (secondary N) is 1. The third-order valence-electron chi connectivity index (χ3n) is 5.07. The molecule has 0 bridgehead atoms. The van der Waals surface area contributed by atoms with Gasteiger partial charge in [0.2, 0.25) is 0 Å². The van der Waals surface area contributed by atoms with Crippen LogP contribution < -0.4 is 10.1 Å². The molecule has 0 aliphatic carbocycles. The average Bonchev–Trinajstić information content (AvgIpc) is 2.72. The second-order valence-corrected chi connectivity index (χ2v) is 7.40. The van der Waals surface area contributed by atoms with Gasteiger partial charge in [-0.15, -0.1) is 0 Å². The summed E-state index contributed by atoms with van der Waals surface area (Å²) in [6, 6.07) is 13.3. The molecule has 1 aliphatic heterocycles. The molecule has 1 saturated heterocycles. The summed E-state index contributed by atoms with van der Waals surface area (Å²) in [7, 11) is 3.84. The summed E-state index contributed by atoms with van der Waals surface area (Å²) in [5.41, 5.74) is 1.50. The summed E-state index contributed by atoms with van der Waals surface area (Å²) in [4.78, 5) is 18.8. The van der Waals surface area contributed by atoms with Crippen LogP contribution >= 0.6 is 0 Å². The van der Waals surface area contributed by atoms with Crippen LogP contribution in [0, 0.1) is 5.82 Å². The van der Waals surface area contributed by atoms with Crippen LogP contribution in [0.5, 0.6) is 5.75 Å². The van der Waals surface area contributed by atoms with E-state index in [2.05, 4.69) is 22.2 Å². The fourth-order valence-corrected chi connectivity index (χ4v) is 3.20. The number of carbonyl (C=O) groups excluding carboxylic acids is 1. The molecule has 3 rings (SSSR count). The van der Waals surface area contributed by atoms with Crippen molar-refractivity contribution in [2.75, 3.05) is 58.7 Å². The number of anilines is 1. The maximum absolute atomic E-state index is 13.0. The number of hydrogen-bond donors (Lipinski definition) is 1. The largest absolute Gasteiger partial charge is 0.490 e. The number of piperazine rings is 1. The van der Waals surface area contributed by atoms with E-state index in [0.29, 0.717) is 24.6 Å². The average molecular weight is 400 g/mol. The molecule has 0 spiro atoms. The summed E-state index contributed by atoms with van der Waals surface area (Å²) in [5, 5.41) is 2.90. The van der Waals surface area contributed by atoms with Crippen LogP contribution in [0.3, 0.4) is 0 Å². The number of halogens is 1. The number of benzene rings is 2. The van der Waals surface area contributed by atoms with E-state index in [1.54, 1.807) is 24.1 Å². The number of ether oxygens (including phenoxy) is 1. The molecule has 0 saturated carbocycles. The molecule has 0 unspecified atom stereocenters. The van der Waals surface area contributed by atoms with Crippen molar-refractivity contribution >= 4 is 11.7 Å². The number of rotatable bonds is 7. The van der Waals surface area contributed by atoms with Crippen LogP contribution in [0.2, 0.25) is 0 Å². The fourth-order valence-electron chi connectivity index (χ4n) is 3.20. The van der Waals surface area contributed by atoms with Gasteiger partial charge in [0.25, 0.3) is 0 Å². The molecule has 0 aromatic heterocycles. The molecular formula is C22H29FN4O2. The molecule has 1 fully saturated rings. The van der Waals surface area contributed by atoms with Gasteiger partial charge in [-0.2, -0.15) is 0 Å². The molecule has 1 N–H and O–H groups in total. The SMILES string of the molecule is CN1CCN(CCOc2ccccc2NC(=O)N(C)Cc2ccc(F)cc2)CC1. The molecule has 2 amide bonds. The fraction of sp³-hybridized carbons (Fsp3) is 0.409. The van der Waals surface area contributed by atoms with Crippen molar-refractivity contribution in [1.82, 2.24) is 14.7 Å². The third-order valence-corrected chi connectivity index (χ3v) is 5.07. The maximum Gasteiger partial charge on any atom is 0.321 e. The first kappa shape index (κ1) is 21.1. The zero-order valence-corrected chi connectivity index (χ0v) is 17.1. The third kappa shape index (κ3) is 6.44. The van der Waals surface area contributed by atoms with Gasteiger partial charge >= 0.3 is 6.03 Å². The standard InChI is InChI=1S/C22H29FN4O2/c1-25-11-13-27(14-12-25)15-16-29-21-6-4-3-5-20(21)24-22(28)26(2)17-18-7-9-19(23)10-8-18/h3-10H,11-17H2,1-2H3,(H,24,28). The van der Waals surface area contributed by atoms with Crippen LogP contribution in [-0.4, -0.2) is 74.2 Å². The van der Waals surface area contributed by atoms with Gasteiger partial charge in [-0.25, -0.2) is 9.18 Å². The van der Waals surface area contributed by atoms with Crippen molar-refractivity contribution in [1.29, 1.82) is 0 Å². The normalized spacial score (nSPS) is 15.1. The first-order valence-corrected chi connectivity index (χ1v) is 9.90. The Kier molecular flexibility index (Phi) is 7.43. The van der Waals surface area contributed by atoms with Gasteiger partial charge in [0, 0.05) is 46.3 Å². The minimum Gasteiger partial charge on any atom is -0.490 e. The second-order valence-electron chi connectivity index (χ2n) is 7.40. The Balaban J connectivity index is 1.51. The van der Waals surface area contributed by atoms with Crippen molar-refractivity contribution in [2.45, 2.75) is 6.54 Å². The van der Waals surface area contributed by atoms with Crippen molar-refractivity contribution in [3.8, 4) is 5.75 Å². The highest BCUT2D eigenvalue weighted by Crippen LogP contribution is 2.24. The van der Waals surface area contributed by atoms with Gasteiger partial charge in [-0.05, 0) is 36.9 Å². The number of likely N-dealkylation sites (N-methyl/N-ethyl adjacent to an activating group) is 1. The summed E-state index contributed by atoms with van der Waals surface area (Å²) in [6.45, 7) is 6.07. The smallest absolute Gasteiger partial charge is 0.321 e. The lowest BCUT2D eigenvalue weighted by Crippen LogP contribution is -2.45. The number of amides is 2. The van der Waals surface area contributed by atoms with Crippen LogP contribution in [0.1, 0.15) is 5.56 Å². The number of carbonyl (C=O) groups is 1. The molecule has 0 atom stereocenters. The van der Waals surface area contributed by atoms with Gasteiger partial charge in [-0.3, -0.25) is 4.90 Å². The predicted molar refractivity (Wildman–Crippen MR) is 113 cm³/mol. The summed E-state index contributed by atoms with van der Waals surface area (Å²) < 4.78 is 19.0. The molecule has 1 heterocycles. The topological polar surface area (TPSA) is 48.1 Å². The zero-order chi connectivity index (χ0) is 20.6. The van der Waals surface area contributed by atoms with Crippen LogP contribution in [0.25, 0.3) is 0 Å². The molecular weight excluding hydrogens is 371 g/mol. The van der Waals surface area contributed by atoms with E-state index in [4.69, 9.17) is 4.74 Å². The minimum absolute atomic E-state index is 0.246. The monoisotopic (exact) mass is 400 g/mol. The second kappa shape index (κ2) is 10.2. The lowest BCUT2D eigenvalue weighted by atomic mass is 10.2. The Morgan fingerprint density at radius 1 is 1.10 bits per heavy atom. The number of urea groups is 1. The van der Waals surface area contributed by atoms with E-state index < -0.39 is 0 Å².